The molecule has 1 aromatic heterocycles. The molecular weight excluding hydrogens is 168 g/mol. The summed E-state index contributed by atoms with van der Waals surface area (Å²) in [6, 6.07) is 3.76. The Morgan fingerprint density at radius 1 is 1.46 bits per heavy atom. The molecule has 0 spiro atoms. The highest BCUT2D eigenvalue weighted by Crippen LogP contribution is 2.01. The number of nitrogens with zero attached hydrogens (tertiary/aromatic N) is 2. The van der Waals surface area contributed by atoms with Crippen molar-refractivity contribution in [1.82, 2.24) is 10.2 Å². The second-order valence-corrected chi connectivity index (χ2v) is 2.91. The minimum absolute atomic E-state index is 0.190. The van der Waals surface area contributed by atoms with E-state index in [-0.39, 0.29) is 6.42 Å². The van der Waals surface area contributed by atoms with E-state index in [1.165, 1.54) is 0 Å². The van der Waals surface area contributed by atoms with Crippen LogP contribution in [0.1, 0.15) is 24.2 Å². The average molecular weight is 180 g/mol. The van der Waals surface area contributed by atoms with Gasteiger partial charge in [-0.3, -0.25) is 4.79 Å². The zero-order valence-corrected chi connectivity index (χ0v) is 7.53. The van der Waals surface area contributed by atoms with Gasteiger partial charge in [0.2, 0.25) is 0 Å². The van der Waals surface area contributed by atoms with Crippen LogP contribution in [-0.4, -0.2) is 21.3 Å². The summed E-state index contributed by atoms with van der Waals surface area (Å²) < 4.78 is 0. The summed E-state index contributed by atoms with van der Waals surface area (Å²) in [5.41, 5.74) is 1.73. The second kappa shape index (κ2) is 4.54. The second-order valence-electron chi connectivity index (χ2n) is 2.91. The van der Waals surface area contributed by atoms with Crippen molar-refractivity contribution in [1.29, 1.82) is 0 Å². The molecule has 13 heavy (non-hydrogen) atoms. The Morgan fingerprint density at radius 2 is 2.23 bits per heavy atom. The maximum absolute atomic E-state index is 10.2. The third kappa shape index (κ3) is 3.64. The van der Waals surface area contributed by atoms with Crippen LogP contribution in [0.2, 0.25) is 0 Å². The number of aryl methyl sites for hydroxylation is 2. The molecule has 0 aliphatic carbocycles. The molecule has 0 saturated carbocycles. The van der Waals surface area contributed by atoms with Crippen molar-refractivity contribution in [2.24, 2.45) is 0 Å². The summed E-state index contributed by atoms with van der Waals surface area (Å²) in [4.78, 5) is 10.2. The van der Waals surface area contributed by atoms with Gasteiger partial charge < -0.3 is 5.11 Å². The van der Waals surface area contributed by atoms with E-state index in [0.29, 0.717) is 12.8 Å². The minimum atomic E-state index is -0.764. The Bertz CT molecular complexity index is 282. The first kappa shape index (κ1) is 9.64. The monoisotopic (exact) mass is 180 g/mol. The first-order chi connectivity index (χ1) is 6.18. The summed E-state index contributed by atoms with van der Waals surface area (Å²) in [5.74, 6) is -0.764. The summed E-state index contributed by atoms with van der Waals surface area (Å²) >= 11 is 0. The van der Waals surface area contributed by atoms with Gasteiger partial charge in [-0.05, 0) is 31.9 Å². The van der Waals surface area contributed by atoms with Crippen molar-refractivity contribution < 1.29 is 9.90 Å². The number of carbonyl (C=O) groups is 1. The summed E-state index contributed by atoms with van der Waals surface area (Å²) in [7, 11) is 0. The highest BCUT2D eigenvalue weighted by atomic mass is 16.4. The van der Waals surface area contributed by atoms with Crippen molar-refractivity contribution in [2.45, 2.75) is 26.2 Å². The van der Waals surface area contributed by atoms with Crippen molar-refractivity contribution in [2.75, 3.05) is 0 Å². The molecule has 0 radical (unpaired) electrons. The molecule has 4 heteroatoms. The highest BCUT2D eigenvalue weighted by molar-refractivity contribution is 5.66. The lowest BCUT2D eigenvalue weighted by Crippen LogP contribution is -1.98. The van der Waals surface area contributed by atoms with Gasteiger partial charge in [0.15, 0.2) is 0 Å². The number of rotatable bonds is 4. The van der Waals surface area contributed by atoms with E-state index in [1.54, 1.807) is 0 Å². The summed E-state index contributed by atoms with van der Waals surface area (Å²) in [6.45, 7) is 1.87. The van der Waals surface area contributed by atoms with Gasteiger partial charge in [0.1, 0.15) is 0 Å². The summed E-state index contributed by atoms with van der Waals surface area (Å²) in [6.07, 6.45) is 1.49. The Balaban J connectivity index is 2.37. The van der Waals surface area contributed by atoms with Crippen LogP contribution in [-0.2, 0) is 11.2 Å². The summed E-state index contributed by atoms with van der Waals surface area (Å²) in [5, 5.41) is 16.2. The van der Waals surface area contributed by atoms with Gasteiger partial charge >= 0.3 is 5.97 Å². The molecule has 0 saturated heterocycles. The normalized spacial score (nSPS) is 9.92. The zero-order chi connectivity index (χ0) is 9.68. The fraction of sp³-hybridized carbons (Fsp3) is 0.444. The average Bonchev–Trinajstić information content (AvgIpc) is 2.08. The lowest BCUT2D eigenvalue weighted by atomic mass is 10.2. The van der Waals surface area contributed by atoms with Gasteiger partial charge in [-0.2, -0.15) is 10.2 Å². The van der Waals surface area contributed by atoms with E-state index in [4.69, 9.17) is 5.11 Å². The third-order valence-corrected chi connectivity index (χ3v) is 1.68. The molecule has 70 valence electrons. The lowest BCUT2D eigenvalue weighted by Gasteiger charge is -1.97. The standard InChI is InChI=1S/C9H12N2O2/c1-7-5-6-8(11-10-7)3-2-4-9(12)13/h5-6H,2-4H2,1H3,(H,12,13). The largest absolute Gasteiger partial charge is 0.481 e. The maximum Gasteiger partial charge on any atom is 0.303 e. The first-order valence-corrected chi connectivity index (χ1v) is 4.19. The third-order valence-electron chi connectivity index (χ3n) is 1.68. The van der Waals surface area contributed by atoms with Crippen LogP contribution in [0.5, 0.6) is 0 Å². The van der Waals surface area contributed by atoms with E-state index in [2.05, 4.69) is 10.2 Å². The predicted octanol–water partition coefficient (Wildman–Crippen LogP) is 1.19. The van der Waals surface area contributed by atoms with E-state index in [0.717, 1.165) is 11.4 Å². The molecule has 1 rings (SSSR count). The maximum atomic E-state index is 10.2. The molecule has 0 aliphatic rings. The SMILES string of the molecule is Cc1ccc(CCCC(=O)O)nn1. The lowest BCUT2D eigenvalue weighted by molar-refractivity contribution is -0.137. The van der Waals surface area contributed by atoms with Gasteiger partial charge in [0.25, 0.3) is 0 Å². The highest BCUT2D eigenvalue weighted by Gasteiger charge is 1.99. The zero-order valence-electron chi connectivity index (χ0n) is 7.53. The van der Waals surface area contributed by atoms with Crippen LogP contribution in [0.25, 0.3) is 0 Å². The van der Waals surface area contributed by atoms with Crippen LogP contribution in [0.15, 0.2) is 12.1 Å². The van der Waals surface area contributed by atoms with E-state index in [1.807, 2.05) is 19.1 Å². The Hall–Kier alpha value is -1.45. The molecule has 4 nitrogen and oxygen atoms in total. The predicted molar refractivity (Wildman–Crippen MR) is 47.3 cm³/mol. The number of hydrogen-bond acceptors (Lipinski definition) is 3. The van der Waals surface area contributed by atoms with Crippen molar-refractivity contribution in [3.05, 3.63) is 23.5 Å². The minimum Gasteiger partial charge on any atom is -0.481 e. The fourth-order valence-electron chi connectivity index (χ4n) is 0.981. The van der Waals surface area contributed by atoms with Crippen LogP contribution < -0.4 is 0 Å². The Labute approximate surface area is 76.6 Å². The van der Waals surface area contributed by atoms with Gasteiger partial charge in [0, 0.05) is 6.42 Å². The molecule has 0 fully saturated rings. The van der Waals surface area contributed by atoms with Gasteiger partial charge in [0.05, 0.1) is 11.4 Å². The van der Waals surface area contributed by atoms with Crippen LogP contribution in [0.3, 0.4) is 0 Å². The molecule has 0 aliphatic heterocycles. The first-order valence-electron chi connectivity index (χ1n) is 4.19. The molecule has 0 atom stereocenters. The number of aliphatic carboxylic acids is 1. The molecule has 1 heterocycles. The van der Waals surface area contributed by atoms with Crippen LogP contribution in [0.4, 0.5) is 0 Å². The molecule has 0 amide bonds. The van der Waals surface area contributed by atoms with Crippen molar-refractivity contribution >= 4 is 5.97 Å². The number of carboxylic acids is 1. The Morgan fingerprint density at radius 3 is 2.77 bits per heavy atom. The van der Waals surface area contributed by atoms with E-state index < -0.39 is 5.97 Å². The number of hydrogen-bond donors (Lipinski definition) is 1. The molecular formula is C9H12N2O2. The van der Waals surface area contributed by atoms with E-state index in [9.17, 15) is 4.79 Å². The van der Waals surface area contributed by atoms with Crippen LogP contribution in [0, 0.1) is 6.92 Å². The van der Waals surface area contributed by atoms with Crippen molar-refractivity contribution in [3.8, 4) is 0 Å². The quantitative estimate of drug-likeness (QED) is 0.756. The fourth-order valence-corrected chi connectivity index (χ4v) is 0.981. The molecule has 1 aromatic rings. The molecule has 0 bridgehead atoms. The molecule has 0 aromatic carbocycles. The topological polar surface area (TPSA) is 63.1 Å². The molecule has 0 unspecified atom stereocenters. The Kier molecular flexibility index (Phi) is 3.37. The van der Waals surface area contributed by atoms with E-state index >= 15 is 0 Å². The van der Waals surface area contributed by atoms with Gasteiger partial charge in [-0.25, -0.2) is 0 Å². The van der Waals surface area contributed by atoms with Crippen LogP contribution >= 0.6 is 0 Å². The van der Waals surface area contributed by atoms with Gasteiger partial charge in [-0.1, -0.05) is 0 Å². The number of aromatic nitrogens is 2. The van der Waals surface area contributed by atoms with Gasteiger partial charge in [-0.15, -0.1) is 0 Å². The van der Waals surface area contributed by atoms with Crippen molar-refractivity contribution in [3.63, 3.8) is 0 Å². The molecule has 1 N–H and O–H groups in total. The number of carboxylic acid groups (broad SMARTS) is 1. The smallest absolute Gasteiger partial charge is 0.303 e.